The van der Waals surface area contributed by atoms with Crippen LogP contribution in [0.4, 0.5) is 4.39 Å². The molecule has 5 rings (SSSR count). The molecule has 2 aliphatic carbocycles. The van der Waals surface area contributed by atoms with Crippen LogP contribution < -0.4 is 4.74 Å². The summed E-state index contributed by atoms with van der Waals surface area (Å²) < 4.78 is 24.4. The van der Waals surface area contributed by atoms with Crippen LogP contribution in [0.3, 0.4) is 0 Å². The summed E-state index contributed by atoms with van der Waals surface area (Å²) in [6.45, 7) is 11.2. The first-order chi connectivity index (χ1) is 19.3. The Kier molecular flexibility index (Phi) is 8.69. The molecule has 0 radical (unpaired) electrons. The summed E-state index contributed by atoms with van der Waals surface area (Å²) in [4.78, 5) is 30.9. The fourth-order valence-electron chi connectivity index (χ4n) is 7.67. The van der Waals surface area contributed by atoms with Gasteiger partial charge in [-0.15, -0.1) is 0 Å². The number of likely N-dealkylation sites (tertiary alicyclic amines) is 1. The maximum atomic E-state index is 14.1. The Balaban J connectivity index is 1.23. The molecule has 1 amide bonds. The third-order valence-electron chi connectivity index (χ3n) is 10.0. The van der Waals surface area contributed by atoms with Crippen molar-refractivity contribution >= 4 is 11.9 Å². The Bertz CT molecular complexity index is 1160. The first-order valence-electron chi connectivity index (χ1n) is 15.1. The van der Waals surface area contributed by atoms with Crippen molar-refractivity contribution in [2.24, 2.45) is 29.1 Å². The lowest BCUT2D eigenvalue weighted by molar-refractivity contribution is -0.150. The number of nitrogens with zero attached hydrogens (tertiary/aromatic N) is 2. The van der Waals surface area contributed by atoms with Crippen molar-refractivity contribution in [3.8, 4) is 5.75 Å². The summed E-state index contributed by atoms with van der Waals surface area (Å²) in [5.41, 5.74) is 1.78. The quantitative estimate of drug-likeness (QED) is 0.385. The number of rotatable bonds is 7. The summed E-state index contributed by atoms with van der Waals surface area (Å²) in [5, 5.41) is 0. The molecule has 2 heterocycles. The third kappa shape index (κ3) is 5.59. The third-order valence-corrected chi connectivity index (χ3v) is 10.0. The highest BCUT2D eigenvalue weighted by molar-refractivity contribution is 5.91. The first kappa shape index (κ1) is 28.8. The maximum Gasteiger partial charge on any atom is 0.337 e. The molecule has 5 atom stereocenters. The summed E-state index contributed by atoms with van der Waals surface area (Å²) in [6.07, 6.45) is 11.0. The van der Waals surface area contributed by atoms with Gasteiger partial charge in [-0.2, -0.15) is 0 Å². The van der Waals surface area contributed by atoms with Crippen LogP contribution in [0, 0.1) is 29.1 Å². The number of benzene rings is 1. The molecule has 40 heavy (non-hydrogen) atoms. The molecule has 6 nitrogen and oxygen atoms in total. The van der Waals surface area contributed by atoms with Crippen molar-refractivity contribution in [1.82, 2.24) is 9.80 Å². The zero-order valence-electron chi connectivity index (χ0n) is 24.5. The summed E-state index contributed by atoms with van der Waals surface area (Å²) >= 11 is 0. The molecule has 2 aliphatic heterocycles. The van der Waals surface area contributed by atoms with Gasteiger partial charge >= 0.3 is 5.97 Å². The molecule has 4 aliphatic rings. The Labute approximate surface area is 238 Å². The minimum atomic E-state index is -0.520. The smallest absolute Gasteiger partial charge is 0.337 e. The van der Waals surface area contributed by atoms with E-state index < -0.39 is 12.1 Å². The van der Waals surface area contributed by atoms with Crippen molar-refractivity contribution in [3.63, 3.8) is 0 Å². The minimum Gasteiger partial charge on any atom is -0.473 e. The molecule has 7 heteroatoms. The molecular formula is C33H45FN2O4. The van der Waals surface area contributed by atoms with E-state index in [2.05, 4.69) is 37.8 Å². The van der Waals surface area contributed by atoms with Gasteiger partial charge in [-0.3, -0.25) is 4.79 Å². The zero-order chi connectivity index (χ0) is 28.4. The molecule has 218 valence electrons. The van der Waals surface area contributed by atoms with Gasteiger partial charge in [0.05, 0.1) is 24.1 Å². The lowest BCUT2D eigenvalue weighted by Crippen LogP contribution is -2.50. The number of piperidine rings is 1. The van der Waals surface area contributed by atoms with E-state index in [1.54, 1.807) is 6.07 Å². The van der Waals surface area contributed by atoms with Crippen LogP contribution in [-0.4, -0.2) is 54.1 Å². The molecular weight excluding hydrogens is 507 g/mol. The SMILES string of the molecule is CCOC(=O)C1=CC([C@H]2CCN([C@@H]3CC[C@@](C(=O)N4COc5ccc(CF)cc5C4)(C(C)C)C3)C[C@@H]2C)CC=C1. The number of ether oxygens (including phenoxy) is 2. The first-order valence-corrected chi connectivity index (χ1v) is 15.1. The summed E-state index contributed by atoms with van der Waals surface area (Å²) in [7, 11) is 0. The fraction of sp³-hybridized carbons (Fsp3) is 0.636. The fourth-order valence-corrected chi connectivity index (χ4v) is 7.67. The highest BCUT2D eigenvalue weighted by atomic mass is 19.1. The lowest BCUT2D eigenvalue weighted by atomic mass is 9.73. The van der Waals surface area contributed by atoms with E-state index in [-0.39, 0.29) is 24.5 Å². The van der Waals surface area contributed by atoms with Crippen LogP contribution in [0.25, 0.3) is 0 Å². The molecule has 2 fully saturated rings. The standard InChI is InChI=1S/C33H45FN2O4/c1-5-39-31(37)26-8-6-7-25(16-26)29-12-14-35(19-23(29)4)28-11-13-33(17-28,22(2)3)32(38)36-20-27-15-24(18-34)9-10-30(27)40-21-36/h6,8-10,15-16,22-23,25,28-29H,5,7,11-14,17-21H2,1-4H3/t23-,25?,28+,29-,33-/m0/s1. The van der Waals surface area contributed by atoms with Crippen molar-refractivity contribution in [3.05, 3.63) is 53.1 Å². The van der Waals surface area contributed by atoms with Gasteiger partial charge in [0.2, 0.25) is 5.91 Å². The van der Waals surface area contributed by atoms with E-state index in [1.165, 1.54) is 0 Å². The van der Waals surface area contributed by atoms with Crippen LogP contribution in [-0.2, 0) is 27.5 Å². The molecule has 0 bridgehead atoms. The molecule has 1 unspecified atom stereocenters. The average molecular weight is 553 g/mol. The second-order valence-corrected chi connectivity index (χ2v) is 12.6. The number of halogens is 1. The number of alkyl halides is 1. The van der Waals surface area contributed by atoms with Crippen LogP contribution in [0.1, 0.15) is 70.9 Å². The Morgan fingerprint density at radius 1 is 1.25 bits per heavy atom. The Morgan fingerprint density at radius 3 is 2.80 bits per heavy atom. The highest BCUT2D eigenvalue weighted by Gasteiger charge is 2.51. The number of carbonyl (C=O) groups excluding carboxylic acids is 2. The second kappa shape index (κ2) is 12.1. The summed E-state index contributed by atoms with van der Waals surface area (Å²) in [5.74, 6) is 2.32. The van der Waals surface area contributed by atoms with E-state index >= 15 is 0 Å². The van der Waals surface area contributed by atoms with Crippen LogP contribution in [0.15, 0.2) is 42.0 Å². The van der Waals surface area contributed by atoms with Gasteiger partial charge in [-0.1, -0.05) is 45.1 Å². The normalized spacial score (nSPS) is 30.6. The van der Waals surface area contributed by atoms with Crippen molar-refractivity contribution in [2.75, 3.05) is 26.4 Å². The number of esters is 1. The van der Waals surface area contributed by atoms with Crippen molar-refractivity contribution in [2.45, 2.75) is 79.1 Å². The number of hydrogen-bond acceptors (Lipinski definition) is 5. The Hall–Kier alpha value is -2.67. The molecule has 0 spiro atoms. The minimum absolute atomic E-state index is 0.176. The van der Waals surface area contributed by atoms with Gasteiger partial charge in [-0.25, -0.2) is 9.18 Å². The number of fused-ring (bicyclic) bond motifs is 1. The maximum absolute atomic E-state index is 14.1. The molecule has 1 saturated heterocycles. The topological polar surface area (TPSA) is 59.1 Å². The van der Waals surface area contributed by atoms with Gasteiger partial charge in [0, 0.05) is 18.2 Å². The van der Waals surface area contributed by atoms with Crippen molar-refractivity contribution in [1.29, 1.82) is 0 Å². The van der Waals surface area contributed by atoms with E-state index in [1.807, 2.05) is 30.0 Å². The summed E-state index contributed by atoms with van der Waals surface area (Å²) in [6, 6.07) is 5.78. The zero-order valence-corrected chi connectivity index (χ0v) is 24.5. The number of allylic oxidation sites excluding steroid dienone is 2. The molecule has 1 aromatic rings. The number of amides is 1. The number of hydrogen-bond donors (Lipinski definition) is 0. The van der Waals surface area contributed by atoms with Gasteiger partial charge in [-0.05, 0) is 86.9 Å². The molecule has 0 N–H and O–H groups in total. The predicted molar refractivity (Wildman–Crippen MR) is 153 cm³/mol. The monoisotopic (exact) mass is 552 g/mol. The molecule has 0 aromatic heterocycles. The highest BCUT2D eigenvalue weighted by Crippen LogP contribution is 2.49. The van der Waals surface area contributed by atoms with E-state index in [4.69, 9.17) is 9.47 Å². The van der Waals surface area contributed by atoms with Crippen LogP contribution in [0.5, 0.6) is 5.75 Å². The van der Waals surface area contributed by atoms with Crippen LogP contribution >= 0.6 is 0 Å². The van der Waals surface area contributed by atoms with Crippen LogP contribution in [0.2, 0.25) is 0 Å². The average Bonchev–Trinajstić information content (AvgIpc) is 3.43. The molecule has 1 aromatic carbocycles. The van der Waals surface area contributed by atoms with E-state index in [9.17, 15) is 14.0 Å². The second-order valence-electron chi connectivity index (χ2n) is 12.6. The molecule has 1 saturated carbocycles. The lowest BCUT2D eigenvalue weighted by Gasteiger charge is -2.44. The van der Waals surface area contributed by atoms with Gasteiger partial charge in [0.15, 0.2) is 6.73 Å². The largest absolute Gasteiger partial charge is 0.473 e. The van der Waals surface area contributed by atoms with Gasteiger partial charge < -0.3 is 19.3 Å². The number of carbonyl (C=O) groups is 2. The van der Waals surface area contributed by atoms with E-state index in [0.717, 1.165) is 56.5 Å². The van der Waals surface area contributed by atoms with Crippen molar-refractivity contribution < 1.29 is 23.5 Å². The van der Waals surface area contributed by atoms with E-state index in [0.29, 0.717) is 48.1 Å². The van der Waals surface area contributed by atoms with Gasteiger partial charge in [0.25, 0.3) is 0 Å². The predicted octanol–water partition coefficient (Wildman–Crippen LogP) is 6.05. The van der Waals surface area contributed by atoms with Gasteiger partial charge in [0.1, 0.15) is 12.4 Å². The Morgan fingerprint density at radius 2 is 2.08 bits per heavy atom.